The molecule has 9 nitrogen and oxygen atoms in total. The van der Waals surface area contributed by atoms with E-state index in [0.29, 0.717) is 30.2 Å². The van der Waals surface area contributed by atoms with Gasteiger partial charge in [0.25, 0.3) is 5.91 Å². The highest BCUT2D eigenvalue weighted by molar-refractivity contribution is 8.00. The van der Waals surface area contributed by atoms with Crippen molar-refractivity contribution in [2.45, 2.75) is 23.6 Å². The number of anilines is 2. The standard InChI is InChI=1S/C21H23N3O6S2/c1-3-24(4-2)32(28,29)16-8-6-15(7-9-16)22-19(25)12-30-21(27)14-5-10-18-17(11-14)23-20(26)13-31-18/h5-11H,3-4,12-13H2,1-2H3,(H,22,25)(H,23,26). The molecule has 0 saturated carbocycles. The lowest BCUT2D eigenvalue weighted by Gasteiger charge is -2.18. The normalized spacial score (nSPS) is 13.3. The molecule has 0 bridgehead atoms. The van der Waals surface area contributed by atoms with Gasteiger partial charge in [-0.2, -0.15) is 4.31 Å². The number of esters is 1. The zero-order valence-electron chi connectivity index (χ0n) is 17.6. The minimum Gasteiger partial charge on any atom is -0.452 e. The van der Waals surface area contributed by atoms with Gasteiger partial charge in [0.2, 0.25) is 15.9 Å². The minimum absolute atomic E-state index is 0.128. The minimum atomic E-state index is -3.59. The van der Waals surface area contributed by atoms with Crippen LogP contribution in [0.3, 0.4) is 0 Å². The number of hydrogen-bond acceptors (Lipinski definition) is 7. The van der Waals surface area contributed by atoms with E-state index in [-0.39, 0.29) is 16.4 Å². The lowest BCUT2D eigenvalue weighted by atomic mass is 10.2. The van der Waals surface area contributed by atoms with Crippen molar-refractivity contribution in [1.29, 1.82) is 0 Å². The van der Waals surface area contributed by atoms with Crippen molar-refractivity contribution < 1.29 is 27.5 Å². The second-order valence-corrected chi connectivity index (χ2v) is 9.74. The third-order valence-electron chi connectivity index (χ3n) is 4.66. The number of sulfonamides is 1. The number of amides is 2. The van der Waals surface area contributed by atoms with Crippen molar-refractivity contribution in [3.05, 3.63) is 48.0 Å². The van der Waals surface area contributed by atoms with Crippen LogP contribution in [0, 0.1) is 0 Å². The highest BCUT2D eigenvalue weighted by Gasteiger charge is 2.21. The molecule has 2 aromatic rings. The molecular formula is C21H23N3O6S2. The van der Waals surface area contributed by atoms with Crippen LogP contribution >= 0.6 is 11.8 Å². The number of fused-ring (bicyclic) bond motifs is 1. The topological polar surface area (TPSA) is 122 Å². The fourth-order valence-corrected chi connectivity index (χ4v) is 5.29. The number of nitrogens with one attached hydrogen (secondary N) is 2. The third kappa shape index (κ3) is 5.47. The summed E-state index contributed by atoms with van der Waals surface area (Å²) < 4.78 is 31.4. The average molecular weight is 478 g/mol. The van der Waals surface area contributed by atoms with E-state index in [9.17, 15) is 22.8 Å². The Balaban J connectivity index is 1.56. The Morgan fingerprint density at radius 2 is 1.81 bits per heavy atom. The molecule has 0 fully saturated rings. The molecule has 0 radical (unpaired) electrons. The predicted molar refractivity (Wildman–Crippen MR) is 121 cm³/mol. The van der Waals surface area contributed by atoms with Crippen LogP contribution in [-0.4, -0.2) is 56.0 Å². The number of carbonyl (C=O) groups excluding carboxylic acids is 3. The van der Waals surface area contributed by atoms with Crippen LogP contribution in [0.15, 0.2) is 52.3 Å². The molecule has 0 aromatic heterocycles. The molecule has 0 aliphatic carbocycles. The molecule has 0 atom stereocenters. The molecule has 1 aliphatic rings. The first-order chi connectivity index (χ1) is 15.2. The Hall–Kier alpha value is -2.89. The largest absolute Gasteiger partial charge is 0.452 e. The van der Waals surface area contributed by atoms with Gasteiger partial charge in [0, 0.05) is 23.7 Å². The molecule has 3 rings (SSSR count). The van der Waals surface area contributed by atoms with Gasteiger partial charge in [-0.3, -0.25) is 9.59 Å². The molecule has 1 heterocycles. The molecule has 2 amide bonds. The molecule has 2 aromatic carbocycles. The van der Waals surface area contributed by atoms with E-state index in [1.54, 1.807) is 26.0 Å². The first-order valence-electron chi connectivity index (χ1n) is 9.88. The van der Waals surface area contributed by atoms with Gasteiger partial charge >= 0.3 is 5.97 Å². The molecule has 0 unspecified atom stereocenters. The summed E-state index contributed by atoms with van der Waals surface area (Å²) >= 11 is 1.37. The van der Waals surface area contributed by atoms with E-state index < -0.39 is 28.5 Å². The zero-order chi connectivity index (χ0) is 23.3. The van der Waals surface area contributed by atoms with Crippen molar-refractivity contribution in [2.24, 2.45) is 0 Å². The van der Waals surface area contributed by atoms with Crippen LogP contribution in [0.2, 0.25) is 0 Å². The quantitative estimate of drug-likeness (QED) is 0.560. The Kier molecular flexibility index (Phi) is 7.54. The zero-order valence-corrected chi connectivity index (χ0v) is 19.2. The van der Waals surface area contributed by atoms with Crippen LogP contribution in [0.1, 0.15) is 24.2 Å². The number of carbonyl (C=O) groups is 3. The maximum absolute atomic E-state index is 12.5. The second kappa shape index (κ2) is 10.2. The van der Waals surface area contributed by atoms with Crippen LogP contribution < -0.4 is 10.6 Å². The SMILES string of the molecule is CCN(CC)S(=O)(=O)c1ccc(NC(=O)COC(=O)c2ccc3c(c2)NC(=O)CS3)cc1. The van der Waals surface area contributed by atoms with E-state index in [2.05, 4.69) is 10.6 Å². The summed E-state index contributed by atoms with van der Waals surface area (Å²) in [5, 5.41) is 5.24. The third-order valence-corrected chi connectivity index (χ3v) is 7.80. The number of rotatable bonds is 8. The Labute approximate surface area is 190 Å². The van der Waals surface area contributed by atoms with E-state index in [1.807, 2.05) is 0 Å². The van der Waals surface area contributed by atoms with Crippen molar-refractivity contribution in [2.75, 3.05) is 36.1 Å². The summed E-state index contributed by atoms with van der Waals surface area (Å²) in [6, 6.07) is 10.6. The van der Waals surface area contributed by atoms with Gasteiger partial charge < -0.3 is 15.4 Å². The molecular weight excluding hydrogens is 454 g/mol. The van der Waals surface area contributed by atoms with Crippen molar-refractivity contribution in [3.63, 3.8) is 0 Å². The van der Waals surface area contributed by atoms with Crippen molar-refractivity contribution in [1.82, 2.24) is 4.31 Å². The van der Waals surface area contributed by atoms with Crippen LogP contribution in [0.5, 0.6) is 0 Å². The molecule has 11 heteroatoms. The fraction of sp³-hybridized carbons (Fsp3) is 0.286. The van der Waals surface area contributed by atoms with E-state index in [0.717, 1.165) is 4.90 Å². The lowest BCUT2D eigenvalue weighted by Crippen LogP contribution is -2.30. The Bertz CT molecular complexity index is 1130. The average Bonchev–Trinajstić information content (AvgIpc) is 2.78. The van der Waals surface area contributed by atoms with Crippen LogP contribution in [-0.2, 0) is 24.3 Å². The maximum Gasteiger partial charge on any atom is 0.338 e. The number of ether oxygens (including phenoxy) is 1. The molecule has 32 heavy (non-hydrogen) atoms. The number of nitrogens with zero attached hydrogens (tertiary/aromatic N) is 1. The summed E-state index contributed by atoms with van der Waals surface area (Å²) in [6.45, 7) is 3.72. The smallest absolute Gasteiger partial charge is 0.338 e. The van der Waals surface area contributed by atoms with E-state index in [1.165, 1.54) is 46.4 Å². The summed E-state index contributed by atoms with van der Waals surface area (Å²) in [5.74, 6) is -1.10. The summed E-state index contributed by atoms with van der Waals surface area (Å²) in [5.41, 5.74) is 1.12. The Morgan fingerprint density at radius 1 is 1.12 bits per heavy atom. The van der Waals surface area contributed by atoms with Crippen molar-refractivity contribution >= 4 is 50.9 Å². The highest BCUT2D eigenvalue weighted by atomic mass is 32.2. The monoisotopic (exact) mass is 477 g/mol. The first kappa shape index (κ1) is 23.8. The molecule has 170 valence electrons. The van der Waals surface area contributed by atoms with Gasteiger partial charge in [-0.1, -0.05) is 13.8 Å². The maximum atomic E-state index is 12.5. The fourth-order valence-electron chi connectivity index (χ4n) is 3.04. The number of thioether (sulfide) groups is 1. The molecule has 2 N–H and O–H groups in total. The highest BCUT2D eigenvalue weighted by Crippen LogP contribution is 2.32. The summed E-state index contributed by atoms with van der Waals surface area (Å²) in [4.78, 5) is 36.9. The first-order valence-corrected chi connectivity index (χ1v) is 12.3. The summed E-state index contributed by atoms with van der Waals surface area (Å²) in [6.07, 6.45) is 0. The predicted octanol–water partition coefficient (Wildman–Crippen LogP) is 2.56. The Morgan fingerprint density at radius 3 is 2.47 bits per heavy atom. The number of hydrogen-bond donors (Lipinski definition) is 2. The second-order valence-electron chi connectivity index (χ2n) is 6.79. The van der Waals surface area contributed by atoms with Gasteiger partial charge in [0.05, 0.1) is 21.9 Å². The van der Waals surface area contributed by atoms with Crippen LogP contribution in [0.4, 0.5) is 11.4 Å². The number of benzene rings is 2. The molecule has 0 spiro atoms. The molecule has 1 aliphatic heterocycles. The van der Waals surface area contributed by atoms with Gasteiger partial charge in [-0.15, -0.1) is 11.8 Å². The van der Waals surface area contributed by atoms with E-state index in [4.69, 9.17) is 4.74 Å². The van der Waals surface area contributed by atoms with Gasteiger partial charge in [-0.25, -0.2) is 13.2 Å². The molecule has 0 saturated heterocycles. The van der Waals surface area contributed by atoms with E-state index >= 15 is 0 Å². The van der Waals surface area contributed by atoms with Crippen LogP contribution in [0.25, 0.3) is 0 Å². The van der Waals surface area contributed by atoms with Crippen molar-refractivity contribution in [3.8, 4) is 0 Å². The lowest BCUT2D eigenvalue weighted by molar-refractivity contribution is -0.119. The van der Waals surface area contributed by atoms with Gasteiger partial charge in [0.1, 0.15) is 0 Å². The van der Waals surface area contributed by atoms with Gasteiger partial charge in [0.15, 0.2) is 6.61 Å². The van der Waals surface area contributed by atoms with Gasteiger partial charge in [-0.05, 0) is 42.5 Å². The summed E-state index contributed by atoms with van der Waals surface area (Å²) in [7, 11) is -3.59.